The highest BCUT2D eigenvalue weighted by Crippen LogP contribution is 2.20. The maximum Gasteiger partial charge on any atom is 0.149 e. The van der Waals surface area contributed by atoms with E-state index in [0.717, 1.165) is 25.6 Å². The van der Waals surface area contributed by atoms with Gasteiger partial charge in [0, 0.05) is 31.2 Å². The van der Waals surface area contributed by atoms with Crippen molar-refractivity contribution < 1.29 is 8.78 Å². The Morgan fingerprint density at radius 1 is 1.35 bits per heavy atom. The zero-order valence-corrected chi connectivity index (χ0v) is 10.2. The van der Waals surface area contributed by atoms with Crippen LogP contribution in [-0.2, 0) is 0 Å². The summed E-state index contributed by atoms with van der Waals surface area (Å²) in [6, 6.07) is 4.41. The Kier molecular flexibility index (Phi) is 3.62. The second kappa shape index (κ2) is 5.00. The Morgan fingerprint density at radius 3 is 2.71 bits per heavy atom. The summed E-state index contributed by atoms with van der Waals surface area (Å²) in [5.74, 6) is -1.06. The zero-order chi connectivity index (χ0) is 12.4. The Morgan fingerprint density at radius 2 is 2.12 bits per heavy atom. The molecular formula is C13H18F2N2. The van der Waals surface area contributed by atoms with Crippen molar-refractivity contribution in [2.45, 2.75) is 32.4 Å². The van der Waals surface area contributed by atoms with Gasteiger partial charge in [-0.25, -0.2) is 8.78 Å². The molecule has 0 aliphatic carbocycles. The third-order valence-electron chi connectivity index (χ3n) is 3.24. The maximum atomic E-state index is 13.4. The van der Waals surface area contributed by atoms with Crippen LogP contribution in [0.1, 0.15) is 20.3 Å². The number of hydrogen-bond donors (Lipinski definition) is 1. The second-order valence-electron chi connectivity index (χ2n) is 4.84. The van der Waals surface area contributed by atoms with Gasteiger partial charge in [-0.1, -0.05) is 0 Å². The van der Waals surface area contributed by atoms with Crippen LogP contribution in [0.2, 0.25) is 0 Å². The molecule has 94 valence electrons. The predicted molar refractivity (Wildman–Crippen MR) is 65.1 cm³/mol. The molecule has 0 aromatic heterocycles. The van der Waals surface area contributed by atoms with Crippen LogP contribution in [0, 0.1) is 11.6 Å². The molecule has 0 spiro atoms. The average Bonchev–Trinajstić information content (AvgIpc) is 2.71. The molecule has 1 heterocycles. The van der Waals surface area contributed by atoms with Crippen LogP contribution in [0.25, 0.3) is 0 Å². The van der Waals surface area contributed by atoms with E-state index in [1.54, 1.807) is 0 Å². The highest BCUT2D eigenvalue weighted by atomic mass is 19.1. The van der Waals surface area contributed by atoms with E-state index in [0.29, 0.717) is 11.7 Å². The van der Waals surface area contributed by atoms with Gasteiger partial charge in [-0.15, -0.1) is 0 Å². The van der Waals surface area contributed by atoms with E-state index in [1.165, 1.54) is 12.1 Å². The molecule has 0 saturated carbocycles. The van der Waals surface area contributed by atoms with Crippen LogP contribution in [0.15, 0.2) is 18.2 Å². The van der Waals surface area contributed by atoms with Crippen molar-refractivity contribution in [1.29, 1.82) is 0 Å². The number of anilines is 1. The Labute approximate surface area is 101 Å². The number of nitrogens with zero attached hydrogens (tertiary/aromatic N) is 1. The van der Waals surface area contributed by atoms with E-state index in [4.69, 9.17) is 0 Å². The van der Waals surface area contributed by atoms with Crippen molar-refractivity contribution in [3.63, 3.8) is 0 Å². The summed E-state index contributed by atoms with van der Waals surface area (Å²) >= 11 is 0. The first-order valence-corrected chi connectivity index (χ1v) is 6.02. The van der Waals surface area contributed by atoms with E-state index in [2.05, 4.69) is 24.1 Å². The van der Waals surface area contributed by atoms with Crippen LogP contribution in [0.3, 0.4) is 0 Å². The van der Waals surface area contributed by atoms with Crippen molar-refractivity contribution in [2.24, 2.45) is 0 Å². The number of benzene rings is 1. The zero-order valence-electron chi connectivity index (χ0n) is 10.2. The smallest absolute Gasteiger partial charge is 0.149 e. The first-order valence-electron chi connectivity index (χ1n) is 6.02. The molecule has 0 bridgehead atoms. The molecule has 1 aliphatic heterocycles. The summed E-state index contributed by atoms with van der Waals surface area (Å²) in [7, 11) is 0. The fourth-order valence-electron chi connectivity index (χ4n) is 2.20. The van der Waals surface area contributed by atoms with Crippen LogP contribution < -0.4 is 5.32 Å². The normalized spacial score (nSPS) is 21.1. The molecule has 1 fully saturated rings. The fourth-order valence-corrected chi connectivity index (χ4v) is 2.20. The summed E-state index contributed by atoms with van der Waals surface area (Å²) in [6.45, 7) is 6.24. The van der Waals surface area contributed by atoms with E-state index in [9.17, 15) is 8.78 Å². The van der Waals surface area contributed by atoms with E-state index >= 15 is 0 Å². The highest BCUT2D eigenvalue weighted by molar-refractivity contribution is 5.45. The lowest BCUT2D eigenvalue weighted by atomic mass is 10.2. The monoisotopic (exact) mass is 240 g/mol. The van der Waals surface area contributed by atoms with Crippen molar-refractivity contribution in [1.82, 2.24) is 4.90 Å². The molecule has 1 aliphatic rings. The van der Waals surface area contributed by atoms with Crippen LogP contribution in [-0.4, -0.2) is 30.1 Å². The third-order valence-corrected chi connectivity index (χ3v) is 3.24. The molecule has 2 nitrogen and oxygen atoms in total. The Balaban J connectivity index is 1.98. The molecule has 0 amide bonds. The van der Waals surface area contributed by atoms with Gasteiger partial charge in [0.05, 0.1) is 5.69 Å². The highest BCUT2D eigenvalue weighted by Gasteiger charge is 2.24. The van der Waals surface area contributed by atoms with E-state index in [1.807, 2.05) is 0 Å². The minimum Gasteiger partial charge on any atom is -0.379 e. The largest absolute Gasteiger partial charge is 0.379 e. The Hall–Kier alpha value is -1.16. The number of likely N-dealkylation sites (tertiary alicyclic amines) is 1. The van der Waals surface area contributed by atoms with Gasteiger partial charge in [0.15, 0.2) is 0 Å². The molecule has 1 aromatic carbocycles. The lowest BCUT2D eigenvalue weighted by Gasteiger charge is -2.21. The van der Waals surface area contributed by atoms with Crippen molar-refractivity contribution in [3.05, 3.63) is 29.8 Å². The quantitative estimate of drug-likeness (QED) is 0.874. The summed E-state index contributed by atoms with van der Waals surface area (Å²) < 4.78 is 26.2. The summed E-state index contributed by atoms with van der Waals surface area (Å²) in [5.41, 5.74) is 0.391. The first-order chi connectivity index (χ1) is 8.06. The fraction of sp³-hybridized carbons (Fsp3) is 0.538. The molecule has 4 heteroatoms. The summed E-state index contributed by atoms with van der Waals surface area (Å²) in [4.78, 5) is 2.35. The maximum absolute atomic E-state index is 13.4. The standard InChI is InChI=1S/C13H18F2N2/c1-9(2)17-6-5-11(8-17)16-13-4-3-10(14)7-12(13)15/h3-4,7,9,11,16H,5-6,8H2,1-2H3. The van der Waals surface area contributed by atoms with Crippen LogP contribution in [0.4, 0.5) is 14.5 Å². The SMILES string of the molecule is CC(C)N1CCC(Nc2ccc(F)cc2F)C1. The van der Waals surface area contributed by atoms with Gasteiger partial charge >= 0.3 is 0 Å². The molecule has 1 unspecified atom stereocenters. The van der Waals surface area contributed by atoms with Gasteiger partial charge in [-0.2, -0.15) is 0 Å². The molecular weight excluding hydrogens is 222 g/mol. The molecule has 17 heavy (non-hydrogen) atoms. The van der Waals surface area contributed by atoms with Gasteiger partial charge < -0.3 is 5.32 Å². The molecule has 1 atom stereocenters. The topological polar surface area (TPSA) is 15.3 Å². The first kappa shape index (κ1) is 12.3. The van der Waals surface area contributed by atoms with E-state index < -0.39 is 11.6 Å². The number of nitrogens with one attached hydrogen (secondary N) is 1. The second-order valence-corrected chi connectivity index (χ2v) is 4.84. The molecule has 0 radical (unpaired) electrons. The van der Waals surface area contributed by atoms with Gasteiger partial charge in [0.1, 0.15) is 11.6 Å². The Bertz CT molecular complexity index is 393. The lowest BCUT2D eigenvalue weighted by molar-refractivity contribution is 0.274. The molecule has 1 saturated heterocycles. The van der Waals surface area contributed by atoms with Crippen LogP contribution in [0.5, 0.6) is 0 Å². The van der Waals surface area contributed by atoms with Crippen molar-refractivity contribution in [3.8, 4) is 0 Å². The minimum atomic E-state index is -0.539. The summed E-state index contributed by atoms with van der Waals surface area (Å²) in [5, 5.41) is 3.14. The molecule has 1 N–H and O–H groups in total. The van der Waals surface area contributed by atoms with Gasteiger partial charge in [-0.05, 0) is 32.4 Å². The minimum absolute atomic E-state index is 0.248. The van der Waals surface area contributed by atoms with Gasteiger partial charge in [0.2, 0.25) is 0 Å². The number of halogens is 2. The lowest BCUT2D eigenvalue weighted by Crippen LogP contribution is -2.31. The van der Waals surface area contributed by atoms with Gasteiger partial charge in [-0.3, -0.25) is 4.90 Å². The van der Waals surface area contributed by atoms with Crippen molar-refractivity contribution >= 4 is 5.69 Å². The third kappa shape index (κ3) is 2.94. The van der Waals surface area contributed by atoms with Gasteiger partial charge in [0.25, 0.3) is 0 Å². The van der Waals surface area contributed by atoms with E-state index in [-0.39, 0.29) is 6.04 Å². The average molecular weight is 240 g/mol. The number of hydrogen-bond acceptors (Lipinski definition) is 2. The van der Waals surface area contributed by atoms with Crippen LogP contribution >= 0.6 is 0 Å². The molecule has 1 aromatic rings. The number of rotatable bonds is 3. The predicted octanol–water partition coefficient (Wildman–Crippen LogP) is 2.86. The summed E-state index contributed by atoms with van der Waals surface area (Å²) in [6.07, 6.45) is 0.995. The molecule has 2 rings (SSSR count). The van der Waals surface area contributed by atoms with Crippen molar-refractivity contribution in [2.75, 3.05) is 18.4 Å².